The van der Waals surface area contributed by atoms with Crippen LogP contribution in [0.25, 0.3) is 0 Å². The van der Waals surface area contributed by atoms with Gasteiger partial charge < -0.3 is 5.11 Å². The van der Waals surface area contributed by atoms with E-state index >= 15 is 0 Å². The van der Waals surface area contributed by atoms with Gasteiger partial charge in [-0.2, -0.15) is 0 Å². The van der Waals surface area contributed by atoms with E-state index in [4.69, 9.17) is 0 Å². The van der Waals surface area contributed by atoms with Gasteiger partial charge in [-0.15, -0.1) is 0 Å². The zero-order chi connectivity index (χ0) is 9.84. The number of hydrogen-bond acceptors (Lipinski definition) is 1. The second-order valence-electron chi connectivity index (χ2n) is 2.97. The lowest BCUT2D eigenvalue weighted by atomic mass is 9.93. The molecule has 0 saturated heterocycles. The highest BCUT2D eigenvalue weighted by Gasteiger charge is 2.18. The Balaban J connectivity index is 0.000000396. The number of allylic oxidation sites excluding steroid dienone is 7. The maximum atomic E-state index is 9.46. The fourth-order valence-corrected chi connectivity index (χ4v) is 1.53. The topological polar surface area (TPSA) is 20.2 Å². The Bertz CT molecular complexity index is 303. The highest BCUT2D eigenvalue weighted by atomic mass is 16.3. The summed E-state index contributed by atoms with van der Waals surface area (Å²) in [4.78, 5) is 0. The average molecular weight is 176 g/mol. The van der Waals surface area contributed by atoms with Crippen molar-refractivity contribution in [2.24, 2.45) is 5.92 Å². The minimum atomic E-state index is 0.319. The Morgan fingerprint density at radius 3 is 2.69 bits per heavy atom. The zero-order valence-corrected chi connectivity index (χ0v) is 8.41. The summed E-state index contributed by atoms with van der Waals surface area (Å²) in [5, 5.41) is 9.46. The molecule has 1 atom stereocenters. The van der Waals surface area contributed by atoms with Crippen molar-refractivity contribution in [2.45, 2.75) is 20.8 Å². The summed E-state index contributed by atoms with van der Waals surface area (Å²) in [7, 11) is 0. The van der Waals surface area contributed by atoms with Crippen LogP contribution in [0, 0.1) is 5.92 Å². The quantitative estimate of drug-likeness (QED) is 0.598. The largest absolute Gasteiger partial charge is 0.508 e. The van der Waals surface area contributed by atoms with E-state index in [-0.39, 0.29) is 0 Å². The highest BCUT2D eigenvalue weighted by Crippen LogP contribution is 2.31. The lowest BCUT2D eigenvalue weighted by molar-refractivity contribution is 0.415. The summed E-state index contributed by atoms with van der Waals surface area (Å²) < 4.78 is 0. The van der Waals surface area contributed by atoms with Gasteiger partial charge in [-0.1, -0.05) is 43.7 Å². The summed E-state index contributed by atoms with van der Waals surface area (Å²) in [6.45, 7) is 6.00. The molecule has 1 nitrogen and oxygen atoms in total. The van der Waals surface area contributed by atoms with E-state index in [0.29, 0.717) is 11.7 Å². The van der Waals surface area contributed by atoms with Crippen LogP contribution in [0.1, 0.15) is 20.8 Å². The molecule has 2 aliphatic carbocycles. The van der Waals surface area contributed by atoms with Gasteiger partial charge in [-0.05, 0) is 13.0 Å². The lowest BCUT2D eigenvalue weighted by Crippen LogP contribution is -2.02. The van der Waals surface area contributed by atoms with Gasteiger partial charge in [0.1, 0.15) is 5.76 Å². The Morgan fingerprint density at radius 2 is 2.00 bits per heavy atom. The van der Waals surface area contributed by atoms with Gasteiger partial charge >= 0.3 is 0 Å². The number of fused-ring (bicyclic) bond motifs is 1. The SMILES string of the molecule is CC.CC1=CC2C=CC=C2C(O)=C1. The first-order chi connectivity index (χ1) is 6.27. The Morgan fingerprint density at radius 1 is 1.31 bits per heavy atom. The van der Waals surface area contributed by atoms with E-state index in [1.54, 1.807) is 6.08 Å². The van der Waals surface area contributed by atoms with E-state index in [1.165, 1.54) is 0 Å². The van der Waals surface area contributed by atoms with Crippen LogP contribution in [-0.2, 0) is 0 Å². The Hall–Kier alpha value is -1.24. The molecule has 70 valence electrons. The molecule has 0 fully saturated rings. The zero-order valence-electron chi connectivity index (χ0n) is 8.41. The molecule has 0 aliphatic heterocycles. The lowest BCUT2D eigenvalue weighted by Gasteiger charge is -2.14. The molecule has 0 heterocycles. The first kappa shape index (κ1) is 9.85. The summed E-state index contributed by atoms with van der Waals surface area (Å²) in [5.41, 5.74) is 2.16. The van der Waals surface area contributed by atoms with E-state index < -0.39 is 0 Å². The summed E-state index contributed by atoms with van der Waals surface area (Å²) >= 11 is 0. The van der Waals surface area contributed by atoms with Crippen LogP contribution < -0.4 is 0 Å². The maximum Gasteiger partial charge on any atom is 0.119 e. The first-order valence-electron chi connectivity index (χ1n) is 4.75. The van der Waals surface area contributed by atoms with Crippen LogP contribution in [0.2, 0.25) is 0 Å². The van der Waals surface area contributed by atoms with E-state index in [2.05, 4.69) is 12.2 Å². The minimum absolute atomic E-state index is 0.319. The molecule has 0 aromatic carbocycles. The third-order valence-corrected chi connectivity index (χ3v) is 2.06. The molecule has 1 N–H and O–H groups in total. The Kier molecular flexibility index (Phi) is 3.13. The van der Waals surface area contributed by atoms with Gasteiger partial charge in [-0.25, -0.2) is 0 Å². The first-order valence-corrected chi connectivity index (χ1v) is 4.75. The number of hydrogen-bond donors (Lipinski definition) is 1. The average Bonchev–Trinajstić information content (AvgIpc) is 2.55. The third-order valence-electron chi connectivity index (χ3n) is 2.06. The van der Waals surface area contributed by atoms with E-state index in [1.807, 2.05) is 32.9 Å². The number of aliphatic hydroxyl groups excluding tert-OH is 1. The van der Waals surface area contributed by atoms with Crippen molar-refractivity contribution >= 4 is 0 Å². The van der Waals surface area contributed by atoms with E-state index in [0.717, 1.165) is 11.1 Å². The van der Waals surface area contributed by atoms with Crippen molar-refractivity contribution < 1.29 is 5.11 Å². The normalized spacial score (nSPS) is 23.6. The molecule has 0 spiro atoms. The molecular formula is C12H16O. The van der Waals surface area contributed by atoms with Crippen LogP contribution in [-0.4, -0.2) is 5.11 Å². The van der Waals surface area contributed by atoms with Crippen molar-refractivity contribution in [3.8, 4) is 0 Å². The van der Waals surface area contributed by atoms with Crippen molar-refractivity contribution in [1.82, 2.24) is 0 Å². The van der Waals surface area contributed by atoms with Crippen molar-refractivity contribution in [3.05, 3.63) is 47.3 Å². The van der Waals surface area contributed by atoms with E-state index in [9.17, 15) is 5.11 Å². The number of aliphatic hydroxyl groups is 1. The molecule has 0 bridgehead atoms. The van der Waals surface area contributed by atoms with Crippen LogP contribution in [0.15, 0.2) is 47.3 Å². The molecule has 0 aromatic rings. The predicted molar refractivity (Wildman–Crippen MR) is 56.5 cm³/mol. The molecule has 13 heavy (non-hydrogen) atoms. The molecule has 1 unspecified atom stereocenters. The number of rotatable bonds is 0. The van der Waals surface area contributed by atoms with Gasteiger partial charge in [-0.3, -0.25) is 0 Å². The van der Waals surface area contributed by atoms with Crippen LogP contribution in [0.3, 0.4) is 0 Å². The molecule has 0 saturated carbocycles. The fraction of sp³-hybridized carbons (Fsp3) is 0.333. The second kappa shape index (κ2) is 4.13. The fourth-order valence-electron chi connectivity index (χ4n) is 1.53. The maximum absolute atomic E-state index is 9.46. The van der Waals surface area contributed by atoms with Crippen LogP contribution in [0.4, 0.5) is 0 Å². The van der Waals surface area contributed by atoms with Crippen molar-refractivity contribution in [3.63, 3.8) is 0 Å². The van der Waals surface area contributed by atoms with Crippen LogP contribution in [0.5, 0.6) is 0 Å². The molecule has 0 aromatic heterocycles. The highest BCUT2D eigenvalue weighted by molar-refractivity contribution is 5.48. The molecule has 1 heteroatoms. The second-order valence-corrected chi connectivity index (χ2v) is 2.97. The summed E-state index contributed by atoms with van der Waals surface area (Å²) in [5.74, 6) is 0.736. The van der Waals surface area contributed by atoms with Gasteiger partial charge in [0, 0.05) is 11.5 Å². The molecule has 0 radical (unpaired) electrons. The molecule has 0 amide bonds. The van der Waals surface area contributed by atoms with Crippen molar-refractivity contribution in [2.75, 3.05) is 0 Å². The van der Waals surface area contributed by atoms with Crippen LogP contribution >= 0.6 is 0 Å². The van der Waals surface area contributed by atoms with Gasteiger partial charge in [0.05, 0.1) is 0 Å². The molecule has 2 rings (SSSR count). The van der Waals surface area contributed by atoms with Gasteiger partial charge in [0.15, 0.2) is 0 Å². The summed E-state index contributed by atoms with van der Waals surface area (Å²) in [6.07, 6.45) is 9.98. The summed E-state index contributed by atoms with van der Waals surface area (Å²) in [6, 6.07) is 0. The van der Waals surface area contributed by atoms with Gasteiger partial charge in [0.2, 0.25) is 0 Å². The smallest absolute Gasteiger partial charge is 0.119 e. The van der Waals surface area contributed by atoms with Crippen molar-refractivity contribution in [1.29, 1.82) is 0 Å². The minimum Gasteiger partial charge on any atom is -0.508 e. The molecular weight excluding hydrogens is 160 g/mol. The van der Waals surface area contributed by atoms with Gasteiger partial charge in [0.25, 0.3) is 0 Å². The monoisotopic (exact) mass is 176 g/mol. The Labute approximate surface area is 79.8 Å². The predicted octanol–water partition coefficient (Wildman–Crippen LogP) is 3.53. The standard InChI is InChI=1S/C10H10O.C2H6/c1-7-5-8-3-2-4-9(8)10(11)6-7;1-2/h2-6,8,11H,1H3;1-2H3. The third kappa shape index (κ3) is 1.92. The molecule has 2 aliphatic rings.